The summed E-state index contributed by atoms with van der Waals surface area (Å²) in [5.41, 5.74) is 8.45. The van der Waals surface area contributed by atoms with E-state index in [1.165, 1.54) is 6.92 Å². The number of rotatable bonds is 4. The number of hydrogen-bond donors (Lipinski definition) is 4. The van der Waals surface area contributed by atoms with Crippen molar-refractivity contribution in [1.29, 1.82) is 0 Å². The van der Waals surface area contributed by atoms with Gasteiger partial charge in [-0.3, -0.25) is 9.59 Å². The molecule has 7 heteroatoms. The Balaban J connectivity index is 1.59. The fourth-order valence-electron chi connectivity index (χ4n) is 2.76. The van der Waals surface area contributed by atoms with Gasteiger partial charge in [-0.15, -0.1) is 0 Å². The molecule has 2 aromatic carbocycles. The van der Waals surface area contributed by atoms with Crippen LogP contribution in [0.4, 0.5) is 11.4 Å². The van der Waals surface area contributed by atoms with E-state index in [2.05, 4.69) is 21.5 Å². The maximum Gasteiger partial charge on any atom is 0.242 e. The molecule has 25 heavy (non-hydrogen) atoms. The van der Waals surface area contributed by atoms with E-state index < -0.39 is 0 Å². The molecule has 4 N–H and O–H groups in total. The van der Waals surface area contributed by atoms with Crippen LogP contribution in [0.5, 0.6) is 0 Å². The molecule has 1 fully saturated rings. The van der Waals surface area contributed by atoms with Crippen molar-refractivity contribution in [2.45, 2.75) is 25.4 Å². The Kier molecular flexibility index (Phi) is 5.33. The SMILES string of the molecule is CC(=O)Nc1ccc(NC(=O)C2CC(c3ccccc3Cl)NN2)cc1. The van der Waals surface area contributed by atoms with Crippen molar-refractivity contribution < 1.29 is 9.59 Å². The molecule has 1 aliphatic rings. The summed E-state index contributed by atoms with van der Waals surface area (Å²) in [6.45, 7) is 1.45. The van der Waals surface area contributed by atoms with Crippen LogP contribution in [-0.2, 0) is 9.59 Å². The van der Waals surface area contributed by atoms with Crippen LogP contribution in [0.25, 0.3) is 0 Å². The molecule has 1 saturated heterocycles. The minimum absolute atomic E-state index is 0.0217. The van der Waals surface area contributed by atoms with E-state index in [0.717, 1.165) is 5.56 Å². The maximum atomic E-state index is 12.4. The Morgan fingerprint density at radius 1 is 1.00 bits per heavy atom. The molecule has 3 rings (SSSR count). The molecule has 0 saturated carbocycles. The van der Waals surface area contributed by atoms with Gasteiger partial charge in [0.2, 0.25) is 11.8 Å². The van der Waals surface area contributed by atoms with Crippen LogP contribution in [0.2, 0.25) is 5.02 Å². The molecule has 2 unspecified atom stereocenters. The van der Waals surface area contributed by atoms with E-state index in [-0.39, 0.29) is 23.9 Å². The summed E-state index contributed by atoms with van der Waals surface area (Å²) in [5.74, 6) is -0.266. The number of amides is 2. The quantitative estimate of drug-likeness (QED) is 0.677. The van der Waals surface area contributed by atoms with Crippen LogP contribution in [0.15, 0.2) is 48.5 Å². The molecule has 2 aromatic rings. The maximum absolute atomic E-state index is 12.4. The molecule has 0 aromatic heterocycles. The summed E-state index contributed by atoms with van der Waals surface area (Å²) in [7, 11) is 0. The van der Waals surface area contributed by atoms with Crippen molar-refractivity contribution in [1.82, 2.24) is 10.9 Å². The normalized spacial score (nSPS) is 19.4. The summed E-state index contributed by atoms with van der Waals surface area (Å²) in [6.07, 6.45) is 0.597. The van der Waals surface area contributed by atoms with Gasteiger partial charge in [-0.1, -0.05) is 29.8 Å². The minimum Gasteiger partial charge on any atom is -0.326 e. The van der Waals surface area contributed by atoms with Crippen molar-refractivity contribution in [2.75, 3.05) is 10.6 Å². The van der Waals surface area contributed by atoms with Crippen LogP contribution >= 0.6 is 11.6 Å². The zero-order valence-corrected chi connectivity index (χ0v) is 14.4. The monoisotopic (exact) mass is 358 g/mol. The molecule has 130 valence electrons. The van der Waals surface area contributed by atoms with E-state index in [9.17, 15) is 9.59 Å². The largest absolute Gasteiger partial charge is 0.326 e. The summed E-state index contributed by atoms with van der Waals surface area (Å²) >= 11 is 6.21. The van der Waals surface area contributed by atoms with Gasteiger partial charge in [-0.05, 0) is 42.3 Å². The fourth-order valence-corrected chi connectivity index (χ4v) is 3.03. The molecule has 2 amide bonds. The number of benzene rings is 2. The van der Waals surface area contributed by atoms with E-state index in [1.54, 1.807) is 24.3 Å². The van der Waals surface area contributed by atoms with Gasteiger partial charge in [0.25, 0.3) is 0 Å². The molecular formula is C18H19ClN4O2. The van der Waals surface area contributed by atoms with Crippen LogP contribution in [0.3, 0.4) is 0 Å². The van der Waals surface area contributed by atoms with E-state index in [0.29, 0.717) is 22.8 Å². The number of halogens is 1. The second-order valence-electron chi connectivity index (χ2n) is 5.90. The van der Waals surface area contributed by atoms with Crippen LogP contribution in [-0.4, -0.2) is 17.9 Å². The Hall–Kier alpha value is -2.41. The first-order valence-electron chi connectivity index (χ1n) is 7.97. The standard InChI is InChI=1S/C18H19ClN4O2/c1-11(24)20-12-6-8-13(9-7-12)21-18(25)17-10-16(22-23-17)14-4-2-3-5-15(14)19/h2-9,16-17,22-23H,10H2,1H3,(H,20,24)(H,21,25). The van der Waals surface area contributed by atoms with Crippen molar-refractivity contribution in [3.05, 3.63) is 59.1 Å². The first-order valence-corrected chi connectivity index (χ1v) is 8.35. The van der Waals surface area contributed by atoms with E-state index in [4.69, 9.17) is 11.6 Å². The van der Waals surface area contributed by atoms with Gasteiger partial charge in [-0.25, -0.2) is 10.9 Å². The number of hydrazine groups is 1. The van der Waals surface area contributed by atoms with E-state index in [1.807, 2.05) is 24.3 Å². The van der Waals surface area contributed by atoms with Crippen LogP contribution < -0.4 is 21.5 Å². The van der Waals surface area contributed by atoms with Gasteiger partial charge >= 0.3 is 0 Å². The van der Waals surface area contributed by atoms with Gasteiger partial charge in [0.15, 0.2) is 0 Å². The second kappa shape index (κ2) is 7.65. The van der Waals surface area contributed by atoms with Crippen LogP contribution in [0.1, 0.15) is 24.9 Å². The molecule has 0 radical (unpaired) electrons. The zero-order chi connectivity index (χ0) is 17.8. The molecule has 1 heterocycles. The predicted octanol–water partition coefficient (Wildman–Crippen LogP) is 2.84. The van der Waals surface area contributed by atoms with Gasteiger partial charge in [0.05, 0.1) is 0 Å². The molecule has 6 nitrogen and oxygen atoms in total. The lowest BCUT2D eigenvalue weighted by atomic mass is 10.0. The highest BCUT2D eigenvalue weighted by Crippen LogP contribution is 2.28. The number of carbonyl (C=O) groups is 2. The molecular weight excluding hydrogens is 340 g/mol. The topological polar surface area (TPSA) is 82.3 Å². The zero-order valence-electron chi connectivity index (χ0n) is 13.7. The first-order chi connectivity index (χ1) is 12.0. The molecule has 0 spiro atoms. The Morgan fingerprint density at radius 2 is 1.64 bits per heavy atom. The van der Waals surface area contributed by atoms with Crippen molar-refractivity contribution in [3.8, 4) is 0 Å². The lowest BCUT2D eigenvalue weighted by Gasteiger charge is -2.12. The summed E-state index contributed by atoms with van der Waals surface area (Å²) < 4.78 is 0. The third kappa shape index (κ3) is 4.36. The third-order valence-corrected chi connectivity index (χ3v) is 4.32. The number of hydrogen-bond acceptors (Lipinski definition) is 4. The van der Waals surface area contributed by atoms with Gasteiger partial charge < -0.3 is 10.6 Å². The third-order valence-electron chi connectivity index (χ3n) is 3.97. The van der Waals surface area contributed by atoms with Gasteiger partial charge in [-0.2, -0.15) is 0 Å². The minimum atomic E-state index is -0.365. The first kappa shape index (κ1) is 17.4. The predicted molar refractivity (Wildman–Crippen MR) is 98.2 cm³/mol. The van der Waals surface area contributed by atoms with Crippen molar-refractivity contribution in [3.63, 3.8) is 0 Å². The Bertz CT molecular complexity index is 779. The molecule has 2 atom stereocenters. The van der Waals surface area contributed by atoms with Gasteiger partial charge in [0.1, 0.15) is 6.04 Å². The summed E-state index contributed by atoms with van der Waals surface area (Å²) in [6, 6.07) is 14.2. The highest BCUT2D eigenvalue weighted by molar-refractivity contribution is 6.31. The molecule has 0 bridgehead atoms. The second-order valence-corrected chi connectivity index (χ2v) is 6.31. The lowest BCUT2D eigenvalue weighted by Crippen LogP contribution is -2.39. The van der Waals surface area contributed by atoms with Crippen molar-refractivity contribution >= 4 is 34.8 Å². The summed E-state index contributed by atoms with van der Waals surface area (Å²) in [4.78, 5) is 23.4. The fraction of sp³-hybridized carbons (Fsp3) is 0.222. The Labute approximate surface area is 150 Å². The average Bonchev–Trinajstić information content (AvgIpc) is 3.06. The summed E-state index contributed by atoms with van der Waals surface area (Å²) in [5, 5.41) is 6.22. The van der Waals surface area contributed by atoms with Gasteiger partial charge in [0, 0.05) is 29.4 Å². The molecule has 0 aliphatic carbocycles. The highest BCUT2D eigenvalue weighted by Gasteiger charge is 2.31. The Morgan fingerprint density at radius 3 is 2.28 bits per heavy atom. The number of carbonyl (C=O) groups excluding carboxylic acids is 2. The number of anilines is 2. The highest BCUT2D eigenvalue weighted by atomic mass is 35.5. The average molecular weight is 359 g/mol. The van der Waals surface area contributed by atoms with E-state index >= 15 is 0 Å². The molecule has 1 aliphatic heterocycles. The number of nitrogens with one attached hydrogen (secondary N) is 4. The van der Waals surface area contributed by atoms with Crippen LogP contribution in [0, 0.1) is 0 Å². The lowest BCUT2D eigenvalue weighted by molar-refractivity contribution is -0.118. The smallest absolute Gasteiger partial charge is 0.242 e. The van der Waals surface area contributed by atoms with Crippen molar-refractivity contribution in [2.24, 2.45) is 0 Å².